The Morgan fingerprint density at radius 3 is 2.88 bits per heavy atom. The Balaban J connectivity index is 1.45. The quantitative estimate of drug-likeness (QED) is 0.715. The van der Waals surface area contributed by atoms with Crippen LogP contribution in [0.3, 0.4) is 0 Å². The number of ether oxygens (including phenoxy) is 2. The van der Waals surface area contributed by atoms with Gasteiger partial charge in [-0.25, -0.2) is 0 Å². The fourth-order valence-electron chi connectivity index (χ4n) is 3.54. The van der Waals surface area contributed by atoms with Crippen molar-refractivity contribution in [3.63, 3.8) is 0 Å². The van der Waals surface area contributed by atoms with E-state index in [1.54, 1.807) is 0 Å². The molecule has 1 aromatic rings. The lowest BCUT2D eigenvalue weighted by atomic mass is 9.98. The minimum atomic E-state index is -0.389. The van der Waals surface area contributed by atoms with Crippen LogP contribution in [0.15, 0.2) is 10.6 Å². The van der Waals surface area contributed by atoms with Gasteiger partial charge in [0, 0.05) is 32.1 Å². The van der Waals surface area contributed by atoms with Crippen LogP contribution in [-0.2, 0) is 22.4 Å². The normalized spacial score (nSPS) is 27.9. The zero-order valence-electron chi connectivity index (χ0n) is 16.0. The second-order valence-corrected chi connectivity index (χ2v) is 7.87. The van der Waals surface area contributed by atoms with E-state index in [1.165, 1.54) is 0 Å². The van der Waals surface area contributed by atoms with Gasteiger partial charge < -0.3 is 24.4 Å². The number of hydrogen-bond acceptors (Lipinski definition) is 7. The molecule has 0 radical (unpaired) electrons. The zero-order chi connectivity index (χ0) is 18.4. The van der Waals surface area contributed by atoms with Crippen molar-refractivity contribution in [1.82, 2.24) is 15.4 Å². The molecule has 2 saturated heterocycles. The molecule has 2 fully saturated rings. The monoisotopic (exact) mass is 367 g/mol. The summed E-state index contributed by atoms with van der Waals surface area (Å²) in [4.78, 5) is 2.32. The van der Waals surface area contributed by atoms with E-state index >= 15 is 0 Å². The first-order chi connectivity index (χ1) is 12.6. The number of morpholine rings is 1. The molecule has 3 atom stereocenters. The summed E-state index contributed by atoms with van der Waals surface area (Å²) in [5.41, 5.74) is 0.934. The van der Waals surface area contributed by atoms with Crippen LogP contribution in [0, 0.1) is 5.92 Å². The zero-order valence-corrected chi connectivity index (χ0v) is 16.0. The van der Waals surface area contributed by atoms with Crippen molar-refractivity contribution in [3.05, 3.63) is 17.5 Å². The molecule has 3 heterocycles. The molecule has 26 heavy (non-hydrogen) atoms. The van der Waals surface area contributed by atoms with Crippen LogP contribution in [0.1, 0.15) is 38.1 Å². The number of rotatable bonds is 8. The first-order valence-corrected chi connectivity index (χ1v) is 9.89. The summed E-state index contributed by atoms with van der Waals surface area (Å²) in [7, 11) is 0. The molecular weight excluding hydrogens is 334 g/mol. The molecule has 2 N–H and O–H groups in total. The number of nitrogens with zero attached hydrogens (tertiary/aromatic N) is 2. The van der Waals surface area contributed by atoms with Gasteiger partial charge >= 0.3 is 0 Å². The Hall–Kier alpha value is -0.990. The summed E-state index contributed by atoms with van der Waals surface area (Å²) in [5, 5.41) is 17.8. The summed E-state index contributed by atoms with van der Waals surface area (Å²) < 4.78 is 17.0. The number of aliphatic hydroxyl groups is 1. The van der Waals surface area contributed by atoms with E-state index in [2.05, 4.69) is 29.2 Å². The molecule has 148 valence electrons. The first-order valence-electron chi connectivity index (χ1n) is 9.89. The molecule has 0 spiro atoms. The largest absolute Gasteiger partial charge is 0.390 e. The van der Waals surface area contributed by atoms with E-state index in [-0.39, 0.29) is 18.3 Å². The van der Waals surface area contributed by atoms with Gasteiger partial charge in [-0.15, -0.1) is 0 Å². The third-order valence-electron chi connectivity index (χ3n) is 5.01. The lowest BCUT2D eigenvalue weighted by molar-refractivity contribution is -0.115. The smallest absolute Gasteiger partial charge is 0.150 e. The van der Waals surface area contributed by atoms with Crippen molar-refractivity contribution in [2.75, 3.05) is 39.4 Å². The van der Waals surface area contributed by atoms with Gasteiger partial charge in [0.2, 0.25) is 0 Å². The molecule has 7 heteroatoms. The molecule has 0 unspecified atom stereocenters. The van der Waals surface area contributed by atoms with Crippen LogP contribution in [0.4, 0.5) is 0 Å². The highest BCUT2D eigenvalue weighted by atomic mass is 16.5. The molecule has 0 bridgehead atoms. The fourth-order valence-corrected chi connectivity index (χ4v) is 3.54. The molecular formula is C19H33N3O4. The van der Waals surface area contributed by atoms with Crippen molar-refractivity contribution in [2.24, 2.45) is 5.92 Å². The lowest BCUT2D eigenvalue weighted by Crippen LogP contribution is -2.46. The predicted octanol–water partition coefficient (Wildman–Crippen LogP) is 1.20. The van der Waals surface area contributed by atoms with Gasteiger partial charge in [0.1, 0.15) is 0 Å². The van der Waals surface area contributed by atoms with Crippen molar-refractivity contribution >= 4 is 0 Å². The van der Waals surface area contributed by atoms with Crippen LogP contribution >= 0.6 is 0 Å². The van der Waals surface area contributed by atoms with Gasteiger partial charge in [0.05, 0.1) is 43.8 Å². The summed E-state index contributed by atoms with van der Waals surface area (Å²) in [6.07, 6.45) is 1.92. The van der Waals surface area contributed by atoms with Crippen LogP contribution < -0.4 is 5.32 Å². The molecule has 0 aliphatic carbocycles. The Morgan fingerprint density at radius 1 is 1.31 bits per heavy atom. The van der Waals surface area contributed by atoms with E-state index in [0.717, 1.165) is 70.1 Å². The van der Waals surface area contributed by atoms with Gasteiger partial charge in [-0.2, -0.15) is 0 Å². The second kappa shape index (κ2) is 9.80. The third kappa shape index (κ3) is 6.03. The topological polar surface area (TPSA) is 80.0 Å². The third-order valence-corrected chi connectivity index (χ3v) is 5.01. The van der Waals surface area contributed by atoms with Gasteiger partial charge in [0.25, 0.3) is 0 Å². The van der Waals surface area contributed by atoms with E-state index in [0.29, 0.717) is 12.5 Å². The summed E-state index contributed by atoms with van der Waals surface area (Å²) in [5.74, 6) is 1.49. The van der Waals surface area contributed by atoms with E-state index in [9.17, 15) is 5.11 Å². The predicted molar refractivity (Wildman–Crippen MR) is 97.9 cm³/mol. The van der Waals surface area contributed by atoms with Crippen molar-refractivity contribution in [2.45, 2.75) is 58.0 Å². The van der Waals surface area contributed by atoms with E-state index in [4.69, 9.17) is 14.0 Å². The molecule has 7 nitrogen and oxygen atoms in total. The van der Waals surface area contributed by atoms with E-state index in [1.807, 2.05) is 6.07 Å². The molecule has 2 aliphatic heterocycles. The maximum atomic E-state index is 10.2. The van der Waals surface area contributed by atoms with Gasteiger partial charge in [-0.3, -0.25) is 4.90 Å². The SMILES string of the molecule is CC(C)CNC[C@H]1O[C@H](Cc2cc(CN3CCOCC3)on2)CC[C@@H]1O. The van der Waals surface area contributed by atoms with Gasteiger partial charge in [-0.1, -0.05) is 19.0 Å². The number of aromatic nitrogens is 1. The number of aliphatic hydroxyl groups excluding tert-OH is 1. The Kier molecular flexibility index (Phi) is 7.45. The van der Waals surface area contributed by atoms with Crippen molar-refractivity contribution in [3.8, 4) is 0 Å². The highest BCUT2D eigenvalue weighted by Crippen LogP contribution is 2.22. The first kappa shape index (κ1) is 19.8. The molecule has 3 rings (SSSR count). The Bertz CT molecular complexity index is 531. The number of nitrogens with one attached hydrogen (secondary N) is 1. The Morgan fingerprint density at radius 2 is 2.12 bits per heavy atom. The van der Waals surface area contributed by atoms with Crippen LogP contribution in [0.5, 0.6) is 0 Å². The minimum absolute atomic E-state index is 0.0885. The maximum Gasteiger partial charge on any atom is 0.150 e. The van der Waals surface area contributed by atoms with Gasteiger partial charge in [-0.05, 0) is 25.3 Å². The summed E-state index contributed by atoms with van der Waals surface area (Å²) >= 11 is 0. The van der Waals surface area contributed by atoms with Crippen molar-refractivity contribution < 1.29 is 19.1 Å². The summed E-state index contributed by atoms with van der Waals surface area (Å²) in [6, 6.07) is 2.04. The van der Waals surface area contributed by atoms with Crippen LogP contribution in [0.25, 0.3) is 0 Å². The van der Waals surface area contributed by atoms with Crippen molar-refractivity contribution in [1.29, 1.82) is 0 Å². The Labute approximate surface area is 156 Å². The van der Waals surface area contributed by atoms with Crippen LogP contribution in [-0.4, -0.2) is 72.9 Å². The lowest BCUT2D eigenvalue weighted by Gasteiger charge is -2.34. The molecule has 0 amide bonds. The highest BCUT2D eigenvalue weighted by molar-refractivity contribution is 5.07. The molecule has 2 aliphatic rings. The average molecular weight is 367 g/mol. The summed E-state index contributed by atoms with van der Waals surface area (Å²) in [6.45, 7) is 10.2. The molecule has 0 saturated carbocycles. The fraction of sp³-hybridized carbons (Fsp3) is 0.842. The highest BCUT2D eigenvalue weighted by Gasteiger charge is 2.30. The minimum Gasteiger partial charge on any atom is -0.390 e. The maximum absolute atomic E-state index is 10.2. The van der Waals surface area contributed by atoms with E-state index < -0.39 is 0 Å². The average Bonchev–Trinajstić information content (AvgIpc) is 3.05. The molecule has 0 aromatic carbocycles. The standard InChI is InChI=1S/C19H33N3O4/c1-14(2)11-20-12-19-18(23)4-3-16(25-19)9-15-10-17(26-21-15)13-22-5-7-24-8-6-22/h10,14,16,18-20,23H,3-9,11-13H2,1-2H3/t16-,18-,19+/m0/s1. The molecule has 1 aromatic heterocycles. The van der Waals surface area contributed by atoms with Gasteiger partial charge in [0.15, 0.2) is 5.76 Å². The second-order valence-electron chi connectivity index (χ2n) is 7.87. The number of hydrogen-bond donors (Lipinski definition) is 2. The van der Waals surface area contributed by atoms with Crippen LogP contribution in [0.2, 0.25) is 0 Å².